The first-order chi connectivity index (χ1) is 12.3. The fourth-order valence-electron chi connectivity index (χ4n) is 3.38. The van der Waals surface area contributed by atoms with Crippen molar-refractivity contribution >= 4 is 11.6 Å². The van der Waals surface area contributed by atoms with Gasteiger partial charge in [-0.2, -0.15) is 0 Å². The average Bonchev–Trinajstić information content (AvgIpc) is 2.69. The number of benzene rings is 3. The molecule has 124 valence electrons. The predicted molar refractivity (Wildman–Crippen MR) is 101 cm³/mol. The van der Waals surface area contributed by atoms with Gasteiger partial charge in [0.15, 0.2) is 0 Å². The minimum atomic E-state index is -0.146. The molecule has 0 saturated heterocycles. The minimum Gasteiger partial charge on any atom is -0.346 e. The largest absolute Gasteiger partial charge is 0.346 e. The highest BCUT2D eigenvalue weighted by Gasteiger charge is 2.31. The van der Waals surface area contributed by atoms with Crippen LogP contribution in [0.3, 0.4) is 0 Å². The summed E-state index contributed by atoms with van der Waals surface area (Å²) in [5, 5.41) is 3.16. The SMILES string of the molecule is O=C1NC(c2ccccc2)N(CCc2ccccc2)c2ccccc21. The van der Waals surface area contributed by atoms with Gasteiger partial charge in [-0.15, -0.1) is 0 Å². The van der Waals surface area contributed by atoms with Gasteiger partial charge in [0.2, 0.25) is 0 Å². The van der Waals surface area contributed by atoms with E-state index in [9.17, 15) is 4.79 Å². The molecule has 1 atom stereocenters. The van der Waals surface area contributed by atoms with Crippen molar-refractivity contribution in [2.45, 2.75) is 12.6 Å². The van der Waals surface area contributed by atoms with Gasteiger partial charge in [0.05, 0.1) is 11.3 Å². The number of nitrogens with one attached hydrogen (secondary N) is 1. The Balaban J connectivity index is 1.69. The predicted octanol–water partition coefficient (Wildman–Crippen LogP) is 4.18. The molecule has 1 unspecified atom stereocenters. The summed E-state index contributed by atoms with van der Waals surface area (Å²) >= 11 is 0. The summed E-state index contributed by atoms with van der Waals surface area (Å²) in [4.78, 5) is 14.8. The summed E-state index contributed by atoms with van der Waals surface area (Å²) in [6.07, 6.45) is 0.779. The number of nitrogens with zero attached hydrogens (tertiary/aromatic N) is 1. The summed E-state index contributed by atoms with van der Waals surface area (Å²) in [5.74, 6) is -0.0135. The fourth-order valence-corrected chi connectivity index (χ4v) is 3.38. The Labute approximate surface area is 147 Å². The Hall–Kier alpha value is -3.07. The van der Waals surface area contributed by atoms with Crippen LogP contribution in [0.5, 0.6) is 0 Å². The molecule has 1 amide bonds. The maximum absolute atomic E-state index is 12.6. The number of fused-ring (bicyclic) bond motifs is 1. The number of amides is 1. The van der Waals surface area contributed by atoms with Crippen LogP contribution in [-0.2, 0) is 6.42 Å². The van der Waals surface area contributed by atoms with Crippen molar-refractivity contribution in [3.63, 3.8) is 0 Å². The maximum atomic E-state index is 12.6. The van der Waals surface area contributed by atoms with Gasteiger partial charge >= 0.3 is 0 Å². The van der Waals surface area contributed by atoms with E-state index >= 15 is 0 Å². The summed E-state index contributed by atoms with van der Waals surface area (Å²) in [6, 6.07) is 28.4. The van der Waals surface area contributed by atoms with E-state index in [4.69, 9.17) is 0 Å². The van der Waals surface area contributed by atoms with E-state index in [1.165, 1.54) is 5.56 Å². The number of carbonyl (C=O) groups is 1. The van der Waals surface area contributed by atoms with Crippen molar-refractivity contribution in [2.24, 2.45) is 0 Å². The van der Waals surface area contributed by atoms with Crippen molar-refractivity contribution in [1.29, 1.82) is 0 Å². The molecular weight excluding hydrogens is 308 g/mol. The smallest absolute Gasteiger partial charge is 0.255 e. The molecule has 4 rings (SSSR count). The first-order valence-corrected chi connectivity index (χ1v) is 8.58. The Bertz CT molecular complexity index is 861. The van der Waals surface area contributed by atoms with Gasteiger partial charge in [0.1, 0.15) is 6.17 Å². The second-order valence-electron chi connectivity index (χ2n) is 6.23. The summed E-state index contributed by atoms with van der Waals surface area (Å²) in [5.41, 5.74) is 4.13. The summed E-state index contributed by atoms with van der Waals surface area (Å²) < 4.78 is 0. The van der Waals surface area contributed by atoms with Crippen LogP contribution in [0.1, 0.15) is 27.7 Å². The molecule has 1 heterocycles. The molecule has 3 aromatic rings. The molecule has 1 aliphatic rings. The molecule has 0 aliphatic carbocycles. The summed E-state index contributed by atoms with van der Waals surface area (Å²) in [7, 11) is 0. The normalized spacial score (nSPS) is 16.2. The topological polar surface area (TPSA) is 32.3 Å². The molecule has 0 radical (unpaired) electrons. The Morgan fingerprint density at radius 2 is 1.44 bits per heavy atom. The Morgan fingerprint density at radius 3 is 2.20 bits per heavy atom. The number of hydrogen-bond donors (Lipinski definition) is 1. The van der Waals surface area contributed by atoms with Crippen molar-refractivity contribution in [2.75, 3.05) is 11.4 Å². The molecule has 3 heteroatoms. The molecule has 25 heavy (non-hydrogen) atoms. The molecule has 1 aliphatic heterocycles. The zero-order valence-corrected chi connectivity index (χ0v) is 13.9. The van der Waals surface area contributed by atoms with Crippen LogP contribution in [-0.4, -0.2) is 12.5 Å². The lowest BCUT2D eigenvalue weighted by Gasteiger charge is -2.39. The lowest BCUT2D eigenvalue weighted by Crippen LogP contribution is -2.47. The van der Waals surface area contributed by atoms with E-state index in [0.717, 1.165) is 29.8 Å². The number of para-hydroxylation sites is 1. The van der Waals surface area contributed by atoms with Crippen LogP contribution in [0, 0.1) is 0 Å². The van der Waals surface area contributed by atoms with Gasteiger partial charge in [0.25, 0.3) is 5.91 Å². The van der Waals surface area contributed by atoms with Gasteiger partial charge in [0, 0.05) is 6.54 Å². The first kappa shape index (κ1) is 15.5. The van der Waals surface area contributed by atoms with Gasteiger partial charge < -0.3 is 10.2 Å². The van der Waals surface area contributed by atoms with Crippen LogP contribution in [0.15, 0.2) is 84.9 Å². The van der Waals surface area contributed by atoms with Gasteiger partial charge in [-0.05, 0) is 29.7 Å². The van der Waals surface area contributed by atoms with Crippen LogP contribution < -0.4 is 10.2 Å². The Morgan fingerprint density at radius 1 is 0.800 bits per heavy atom. The van der Waals surface area contributed by atoms with E-state index in [1.54, 1.807) is 0 Å². The third-order valence-electron chi connectivity index (χ3n) is 4.64. The number of rotatable bonds is 4. The van der Waals surface area contributed by atoms with Gasteiger partial charge in [-0.25, -0.2) is 0 Å². The van der Waals surface area contributed by atoms with E-state index in [0.29, 0.717) is 0 Å². The number of anilines is 1. The standard InChI is InChI=1S/C22H20N2O/c25-22-19-13-7-8-14-20(19)24(16-15-17-9-3-1-4-10-17)21(23-22)18-11-5-2-6-12-18/h1-14,21H,15-16H2,(H,23,25). The molecule has 3 nitrogen and oxygen atoms in total. The van der Waals surface area contributed by atoms with Gasteiger partial charge in [-0.3, -0.25) is 4.79 Å². The van der Waals surface area contributed by atoms with Crippen LogP contribution in [0.25, 0.3) is 0 Å². The highest BCUT2D eigenvalue weighted by atomic mass is 16.2. The first-order valence-electron chi connectivity index (χ1n) is 8.58. The lowest BCUT2D eigenvalue weighted by atomic mass is 10.0. The van der Waals surface area contributed by atoms with E-state index in [2.05, 4.69) is 46.6 Å². The maximum Gasteiger partial charge on any atom is 0.255 e. The molecular formula is C22H20N2O. The molecule has 3 aromatic carbocycles. The number of hydrogen-bond acceptors (Lipinski definition) is 2. The van der Waals surface area contributed by atoms with Crippen molar-refractivity contribution < 1.29 is 4.79 Å². The second kappa shape index (κ2) is 6.81. The highest BCUT2D eigenvalue weighted by molar-refractivity contribution is 6.02. The summed E-state index contributed by atoms with van der Waals surface area (Å²) in [6.45, 7) is 0.834. The van der Waals surface area contributed by atoms with E-state index < -0.39 is 0 Å². The van der Waals surface area contributed by atoms with E-state index in [1.807, 2.05) is 48.5 Å². The minimum absolute atomic E-state index is 0.0135. The zero-order chi connectivity index (χ0) is 17.1. The third-order valence-corrected chi connectivity index (χ3v) is 4.64. The monoisotopic (exact) mass is 328 g/mol. The van der Waals surface area contributed by atoms with Crippen LogP contribution in [0.4, 0.5) is 5.69 Å². The third kappa shape index (κ3) is 3.13. The quantitative estimate of drug-likeness (QED) is 0.779. The second-order valence-corrected chi connectivity index (χ2v) is 6.23. The van der Waals surface area contributed by atoms with E-state index in [-0.39, 0.29) is 12.1 Å². The molecule has 0 saturated carbocycles. The lowest BCUT2D eigenvalue weighted by molar-refractivity contribution is 0.0926. The van der Waals surface area contributed by atoms with Crippen LogP contribution in [0.2, 0.25) is 0 Å². The fraction of sp³-hybridized carbons (Fsp3) is 0.136. The molecule has 0 fully saturated rings. The Kier molecular flexibility index (Phi) is 4.21. The van der Waals surface area contributed by atoms with Crippen molar-refractivity contribution in [3.8, 4) is 0 Å². The van der Waals surface area contributed by atoms with Crippen LogP contribution >= 0.6 is 0 Å². The highest BCUT2D eigenvalue weighted by Crippen LogP contribution is 2.33. The molecule has 0 aromatic heterocycles. The number of carbonyl (C=O) groups excluding carboxylic acids is 1. The average molecular weight is 328 g/mol. The molecule has 1 N–H and O–H groups in total. The van der Waals surface area contributed by atoms with Crippen molar-refractivity contribution in [3.05, 3.63) is 102 Å². The molecule has 0 spiro atoms. The van der Waals surface area contributed by atoms with Crippen molar-refractivity contribution in [1.82, 2.24) is 5.32 Å². The van der Waals surface area contributed by atoms with Gasteiger partial charge in [-0.1, -0.05) is 72.8 Å². The molecule has 0 bridgehead atoms. The zero-order valence-electron chi connectivity index (χ0n) is 13.9.